The fourth-order valence-corrected chi connectivity index (χ4v) is 10.1. The van der Waals surface area contributed by atoms with E-state index in [0.717, 1.165) is 24.2 Å². The number of esters is 2. The monoisotopic (exact) mass is 897 g/mol. The number of thiophene rings is 1. The Balaban J connectivity index is 1.16. The molecule has 3 amide bonds. The molecule has 0 bridgehead atoms. The maximum absolute atomic E-state index is 16.3. The number of carbonyl (C=O) groups excluding carboxylic acids is 5. The number of carbonyl (C=O) groups is 5. The molecular weight excluding hydrogens is 845 g/mol. The standard InChI is InChI=1S/C43H53FN5O11PS/c1-42(2,3)40(54)57-23-59-61(56,60-24-58-41(55)43(4,5)6)36(44)26-12-15-33-27(18-26)19-34(62-33)37(51)47-30-11-9-8-10-28-13-14-32(49(28)38(30)52)39(53)48-21-29(31(22-48)45-7)25-16-17-46-35(50)20-25/h12,15-20,28-32,36H,8-11,13-14,21-24H2,1-6H3,(H,46,50)(H,47,51)/t28-,29+,30-,31-,32-,36-/m0/s1. The summed E-state index contributed by atoms with van der Waals surface area (Å²) in [7, 11) is -4.82. The maximum atomic E-state index is 16.3. The van der Waals surface area contributed by atoms with Crippen molar-refractivity contribution in [3.8, 4) is 0 Å². The number of likely N-dealkylation sites (tertiary alicyclic amines) is 1. The number of H-pyrrole nitrogens is 1. The molecule has 3 saturated heterocycles. The Hall–Kier alpha value is -4.95. The molecule has 1 aromatic carbocycles. The molecule has 3 fully saturated rings. The van der Waals surface area contributed by atoms with Crippen molar-refractivity contribution in [3.63, 3.8) is 0 Å². The Kier molecular flexibility index (Phi) is 14.1. The molecule has 5 heterocycles. The van der Waals surface area contributed by atoms with Gasteiger partial charge in [0.25, 0.3) is 5.91 Å². The second-order valence-electron chi connectivity index (χ2n) is 18.0. The van der Waals surface area contributed by atoms with Crippen LogP contribution in [0.1, 0.15) is 113 Å². The smallest absolute Gasteiger partial charge is 0.374 e. The van der Waals surface area contributed by atoms with Crippen molar-refractivity contribution in [2.24, 2.45) is 10.8 Å². The molecule has 6 atom stereocenters. The number of rotatable bonds is 12. The molecular formula is C43H53FN5O11PS. The molecule has 19 heteroatoms. The first-order valence-corrected chi connectivity index (χ1v) is 23.0. The number of hydrogen-bond donors (Lipinski definition) is 2. The first kappa shape index (κ1) is 46.6. The van der Waals surface area contributed by atoms with Crippen LogP contribution in [0.15, 0.2) is 47.4 Å². The van der Waals surface area contributed by atoms with Crippen LogP contribution >= 0.6 is 18.9 Å². The third-order valence-corrected chi connectivity index (χ3v) is 14.2. The molecule has 3 aliphatic heterocycles. The second-order valence-corrected chi connectivity index (χ2v) is 21.1. The van der Waals surface area contributed by atoms with Crippen molar-refractivity contribution in [3.05, 3.63) is 80.4 Å². The van der Waals surface area contributed by atoms with E-state index in [0.29, 0.717) is 41.3 Å². The lowest BCUT2D eigenvalue weighted by Gasteiger charge is -2.36. The van der Waals surface area contributed by atoms with E-state index in [1.807, 2.05) is 0 Å². The van der Waals surface area contributed by atoms with Crippen LogP contribution in [-0.4, -0.2) is 95.3 Å². The van der Waals surface area contributed by atoms with Crippen LogP contribution in [0.3, 0.4) is 0 Å². The average molecular weight is 898 g/mol. The van der Waals surface area contributed by atoms with Gasteiger partial charge in [-0.3, -0.25) is 42.4 Å². The summed E-state index contributed by atoms with van der Waals surface area (Å²) in [6.45, 7) is 15.9. The zero-order valence-corrected chi connectivity index (χ0v) is 37.4. The van der Waals surface area contributed by atoms with Crippen molar-refractivity contribution >= 4 is 58.7 Å². The molecule has 0 saturated carbocycles. The number of fused-ring (bicyclic) bond motifs is 2. The van der Waals surface area contributed by atoms with E-state index in [9.17, 15) is 33.3 Å². The Bertz CT molecular complexity index is 2310. The Morgan fingerprint density at radius 3 is 2.23 bits per heavy atom. The van der Waals surface area contributed by atoms with Gasteiger partial charge in [-0.1, -0.05) is 18.9 Å². The average Bonchev–Trinajstić information content (AvgIpc) is 3.96. The molecule has 0 spiro atoms. The first-order valence-electron chi connectivity index (χ1n) is 20.6. The van der Waals surface area contributed by atoms with Gasteiger partial charge in [0.1, 0.15) is 12.1 Å². The fraction of sp³-hybridized carbons (Fsp3) is 0.558. The molecule has 3 aliphatic rings. The van der Waals surface area contributed by atoms with E-state index >= 15 is 4.39 Å². The van der Waals surface area contributed by atoms with Crippen LogP contribution in [0.25, 0.3) is 14.9 Å². The minimum absolute atomic E-state index is 0.148. The Morgan fingerprint density at radius 1 is 0.935 bits per heavy atom. The van der Waals surface area contributed by atoms with Crippen molar-refractivity contribution in [2.45, 2.75) is 116 Å². The summed E-state index contributed by atoms with van der Waals surface area (Å²) in [6.07, 6.45) is 5.15. The summed E-state index contributed by atoms with van der Waals surface area (Å²) < 4.78 is 51.4. The van der Waals surface area contributed by atoms with Gasteiger partial charge in [-0.25, -0.2) is 11.0 Å². The van der Waals surface area contributed by atoms with Crippen molar-refractivity contribution in [1.29, 1.82) is 0 Å². The van der Waals surface area contributed by atoms with Crippen molar-refractivity contribution in [1.82, 2.24) is 20.1 Å². The minimum Gasteiger partial charge on any atom is -0.438 e. The van der Waals surface area contributed by atoms with Gasteiger partial charge in [-0.15, -0.1) is 11.3 Å². The lowest BCUT2D eigenvalue weighted by Crippen LogP contribution is -2.56. The molecule has 0 aliphatic carbocycles. The van der Waals surface area contributed by atoms with E-state index in [1.165, 1.54) is 36.5 Å². The third-order valence-electron chi connectivity index (χ3n) is 11.3. The highest BCUT2D eigenvalue weighted by atomic mass is 32.1. The fourth-order valence-electron chi connectivity index (χ4n) is 7.88. The third kappa shape index (κ3) is 10.5. The van der Waals surface area contributed by atoms with Gasteiger partial charge in [0.2, 0.25) is 42.9 Å². The summed E-state index contributed by atoms with van der Waals surface area (Å²) in [5.41, 5.74) is -1.63. The van der Waals surface area contributed by atoms with Crippen molar-refractivity contribution < 1.29 is 51.4 Å². The normalized spacial score (nSPS) is 22.6. The summed E-state index contributed by atoms with van der Waals surface area (Å²) in [6, 6.07) is 6.55. The van der Waals surface area contributed by atoms with Crippen molar-refractivity contribution in [2.75, 3.05) is 26.7 Å². The van der Waals surface area contributed by atoms with Crippen LogP contribution in [-0.2, 0) is 42.3 Å². The first-order chi connectivity index (χ1) is 29.2. The Labute approximate surface area is 363 Å². The largest absolute Gasteiger partial charge is 0.438 e. The van der Waals surface area contributed by atoms with Crippen LogP contribution in [0, 0.1) is 17.4 Å². The molecule has 0 unspecified atom stereocenters. The molecule has 3 aromatic rings. The van der Waals surface area contributed by atoms with E-state index in [1.54, 1.807) is 57.4 Å². The molecule has 16 nitrogen and oxygen atoms in total. The number of nitrogens with one attached hydrogen (secondary N) is 2. The van der Waals surface area contributed by atoms with E-state index in [2.05, 4.69) is 15.1 Å². The number of nitrogens with zero attached hydrogens (tertiary/aromatic N) is 3. The number of aromatic amines is 1. The molecule has 334 valence electrons. The van der Waals surface area contributed by atoms with Crippen LogP contribution in [0.5, 0.6) is 0 Å². The highest BCUT2D eigenvalue weighted by Gasteiger charge is 2.49. The maximum Gasteiger partial charge on any atom is 0.374 e. The van der Waals surface area contributed by atoms with E-state index in [4.69, 9.17) is 25.1 Å². The molecule has 0 radical (unpaired) electrons. The number of alkyl halides is 1. The van der Waals surface area contributed by atoms with E-state index in [-0.39, 0.29) is 52.9 Å². The lowest BCUT2D eigenvalue weighted by atomic mass is 9.96. The zero-order chi connectivity index (χ0) is 45.1. The summed E-state index contributed by atoms with van der Waals surface area (Å²) in [4.78, 5) is 88.8. The summed E-state index contributed by atoms with van der Waals surface area (Å²) >= 11 is 1.10. The van der Waals surface area contributed by atoms with Gasteiger partial charge in [0.15, 0.2) is 0 Å². The number of amides is 3. The number of halogens is 1. The number of pyridine rings is 1. The van der Waals surface area contributed by atoms with Gasteiger partial charge in [-0.05, 0) is 108 Å². The van der Waals surface area contributed by atoms with Gasteiger partial charge in [0.05, 0.1) is 28.2 Å². The predicted octanol–water partition coefficient (Wildman–Crippen LogP) is 6.82. The molecule has 62 heavy (non-hydrogen) atoms. The minimum atomic E-state index is -4.82. The zero-order valence-electron chi connectivity index (χ0n) is 35.6. The van der Waals surface area contributed by atoms with Gasteiger partial charge >= 0.3 is 19.5 Å². The SMILES string of the molecule is [C-]#[N+][C@H]1CN(C(=O)[C@@H]2CC[C@@H]3CCCC[C@H](NC(=O)c4cc5cc([C@@H](F)P(=O)(OCOC(=O)C(C)(C)C)OCOC(=O)C(C)(C)C)ccc5s4)C(=O)N32)C[C@@H]1c1cc[nH]c(=O)c1. The highest BCUT2D eigenvalue weighted by Crippen LogP contribution is 2.62. The highest BCUT2D eigenvalue weighted by molar-refractivity contribution is 7.54. The van der Waals surface area contributed by atoms with Crippen LogP contribution in [0.4, 0.5) is 4.39 Å². The quantitative estimate of drug-likeness (QED) is 0.0838. The number of hydrogen-bond acceptors (Lipinski definition) is 12. The topological polar surface area (TPSA) is 195 Å². The van der Waals surface area contributed by atoms with Crippen LogP contribution in [0.2, 0.25) is 0 Å². The number of aromatic nitrogens is 1. The van der Waals surface area contributed by atoms with E-state index < -0.39 is 73.9 Å². The summed E-state index contributed by atoms with van der Waals surface area (Å²) in [5.74, 6) is -5.32. The summed E-state index contributed by atoms with van der Waals surface area (Å²) in [5, 5.41) is 3.31. The lowest BCUT2D eigenvalue weighted by molar-refractivity contribution is -0.162. The Morgan fingerprint density at radius 2 is 1.60 bits per heavy atom. The number of ether oxygens (including phenoxy) is 2. The molecule has 2 aromatic heterocycles. The second kappa shape index (κ2) is 18.8. The van der Waals surface area contributed by atoms with Gasteiger partial charge in [-0.2, -0.15) is 0 Å². The van der Waals surface area contributed by atoms with Gasteiger partial charge < -0.3 is 34.4 Å². The number of benzene rings is 1. The molecule has 6 rings (SSSR count). The van der Waals surface area contributed by atoms with Crippen LogP contribution < -0.4 is 10.9 Å². The van der Waals surface area contributed by atoms with Gasteiger partial charge in [0, 0.05) is 29.5 Å². The predicted molar refractivity (Wildman–Crippen MR) is 226 cm³/mol. The molecule has 2 N–H and O–H groups in total.